The summed E-state index contributed by atoms with van der Waals surface area (Å²) in [6, 6.07) is 8.99. The Kier molecular flexibility index (Phi) is 5.80. The Hall–Kier alpha value is -2.81. The molecule has 1 aliphatic carbocycles. The van der Waals surface area contributed by atoms with Gasteiger partial charge in [0.1, 0.15) is 12.1 Å². The van der Waals surface area contributed by atoms with Crippen LogP contribution in [0.1, 0.15) is 44.6 Å². The first-order valence-corrected chi connectivity index (χ1v) is 9.49. The average molecular weight is 367 g/mol. The van der Waals surface area contributed by atoms with Crippen molar-refractivity contribution in [1.29, 1.82) is 0 Å². The highest BCUT2D eigenvalue weighted by Crippen LogP contribution is 2.37. The fourth-order valence-corrected chi connectivity index (χ4v) is 3.75. The first-order valence-electron chi connectivity index (χ1n) is 9.49. The van der Waals surface area contributed by atoms with Crippen molar-refractivity contribution >= 4 is 17.8 Å². The van der Waals surface area contributed by atoms with E-state index < -0.39 is 11.6 Å². The number of hydrogen-bond donors (Lipinski definition) is 2. The summed E-state index contributed by atoms with van der Waals surface area (Å²) in [5, 5.41) is 5.48. The average Bonchev–Trinajstić information content (AvgIpc) is 2.91. The minimum atomic E-state index is -0.809. The lowest BCUT2D eigenvalue weighted by Crippen LogP contribution is -2.50. The smallest absolute Gasteiger partial charge is 0.325 e. The topological polar surface area (TPSA) is 78.5 Å². The molecule has 2 aliphatic rings. The van der Waals surface area contributed by atoms with Crippen LogP contribution < -0.4 is 10.6 Å². The molecule has 1 heterocycles. The second-order valence-corrected chi connectivity index (χ2v) is 7.20. The molecule has 3 rings (SSSR count). The van der Waals surface area contributed by atoms with E-state index in [9.17, 15) is 14.4 Å². The summed E-state index contributed by atoms with van der Waals surface area (Å²) in [6.45, 7) is 2.05. The molecular formula is C21H25N3O3. The maximum atomic E-state index is 12.8. The Morgan fingerprint density at radius 3 is 2.63 bits per heavy atom. The Balaban J connectivity index is 1.51. The van der Waals surface area contributed by atoms with Crippen LogP contribution in [0, 0.1) is 17.8 Å². The van der Waals surface area contributed by atoms with Gasteiger partial charge in [0.15, 0.2) is 0 Å². The maximum absolute atomic E-state index is 12.8. The van der Waals surface area contributed by atoms with E-state index in [1.807, 2.05) is 30.3 Å². The molecule has 0 atom stereocenters. The summed E-state index contributed by atoms with van der Waals surface area (Å²) in [4.78, 5) is 38.2. The third-order valence-corrected chi connectivity index (χ3v) is 5.46. The summed E-state index contributed by atoms with van der Waals surface area (Å²) >= 11 is 0. The lowest BCUT2D eigenvalue weighted by atomic mass is 9.75. The highest BCUT2D eigenvalue weighted by Gasteiger charge is 2.52. The summed E-state index contributed by atoms with van der Waals surface area (Å²) in [7, 11) is 0. The van der Waals surface area contributed by atoms with E-state index >= 15 is 0 Å². The van der Waals surface area contributed by atoms with Crippen LogP contribution in [0.25, 0.3) is 0 Å². The van der Waals surface area contributed by atoms with E-state index in [0.29, 0.717) is 18.8 Å². The van der Waals surface area contributed by atoms with Gasteiger partial charge < -0.3 is 10.6 Å². The van der Waals surface area contributed by atoms with Gasteiger partial charge in [0.25, 0.3) is 5.91 Å². The van der Waals surface area contributed by atoms with Crippen LogP contribution in [0.15, 0.2) is 30.3 Å². The molecule has 27 heavy (non-hydrogen) atoms. The molecule has 1 aromatic rings. The molecule has 6 nitrogen and oxygen atoms in total. The Bertz CT molecular complexity index is 771. The van der Waals surface area contributed by atoms with Crippen molar-refractivity contribution in [2.24, 2.45) is 5.92 Å². The molecule has 1 saturated heterocycles. The van der Waals surface area contributed by atoms with Crippen LogP contribution in [0.4, 0.5) is 4.79 Å². The highest BCUT2D eigenvalue weighted by atomic mass is 16.2. The Labute approximate surface area is 159 Å². The van der Waals surface area contributed by atoms with Gasteiger partial charge in [-0.15, -0.1) is 0 Å². The molecule has 0 aromatic heterocycles. The van der Waals surface area contributed by atoms with Crippen molar-refractivity contribution in [2.75, 3.05) is 13.1 Å². The van der Waals surface area contributed by atoms with E-state index in [-0.39, 0.29) is 24.9 Å². The zero-order valence-corrected chi connectivity index (χ0v) is 15.6. The predicted octanol–water partition coefficient (Wildman–Crippen LogP) is 2.05. The fraction of sp³-hybridized carbons (Fsp3) is 0.476. The number of nitrogens with zero attached hydrogens (tertiary/aromatic N) is 1. The van der Waals surface area contributed by atoms with Crippen LogP contribution >= 0.6 is 0 Å². The number of rotatable bonds is 4. The Morgan fingerprint density at radius 1 is 1.26 bits per heavy atom. The van der Waals surface area contributed by atoms with Gasteiger partial charge in [0.2, 0.25) is 5.91 Å². The Morgan fingerprint density at radius 2 is 1.96 bits per heavy atom. The standard InChI is InChI=1S/C21H25N3O3/c1-2-16-10-12-21(13-11-16)19(26)24(20(27)23-21)15-18(25)22-14-6-9-17-7-4-3-5-8-17/h3-5,7-8,16H,2,10-15H2,1H3,(H,22,25)(H,23,27). The van der Waals surface area contributed by atoms with Gasteiger partial charge >= 0.3 is 6.03 Å². The summed E-state index contributed by atoms with van der Waals surface area (Å²) in [6.07, 6.45) is 4.25. The number of benzene rings is 1. The van der Waals surface area contributed by atoms with E-state index in [4.69, 9.17) is 0 Å². The summed E-state index contributed by atoms with van der Waals surface area (Å²) in [5.41, 5.74) is 0.0568. The molecule has 6 heteroatoms. The second-order valence-electron chi connectivity index (χ2n) is 7.20. The largest absolute Gasteiger partial charge is 0.344 e. The number of hydrogen-bond acceptors (Lipinski definition) is 3. The third kappa shape index (κ3) is 4.30. The van der Waals surface area contributed by atoms with Crippen molar-refractivity contribution in [1.82, 2.24) is 15.5 Å². The fourth-order valence-electron chi connectivity index (χ4n) is 3.75. The SMILES string of the molecule is CCC1CCC2(CC1)NC(=O)N(CC(=O)NCC#Cc1ccccc1)C2=O. The first kappa shape index (κ1) is 19.0. The van der Waals surface area contributed by atoms with Gasteiger partial charge in [-0.25, -0.2) is 4.79 Å². The number of amides is 4. The lowest BCUT2D eigenvalue weighted by molar-refractivity contribution is -0.136. The number of imide groups is 1. The van der Waals surface area contributed by atoms with Crippen LogP contribution in [-0.2, 0) is 9.59 Å². The molecule has 2 fully saturated rings. The monoisotopic (exact) mass is 367 g/mol. The highest BCUT2D eigenvalue weighted by molar-refractivity contribution is 6.09. The van der Waals surface area contributed by atoms with Gasteiger partial charge in [-0.2, -0.15) is 0 Å². The molecule has 1 saturated carbocycles. The zero-order chi connectivity index (χ0) is 19.3. The van der Waals surface area contributed by atoms with Gasteiger partial charge in [-0.05, 0) is 43.7 Å². The number of urea groups is 1. The van der Waals surface area contributed by atoms with Crippen molar-refractivity contribution in [3.05, 3.63) is 35.9 Å². The lowest BCUT2D eigenvalue weighted by Gasteiger charge is -2.34. The third-order valence-electron chi connectivity index (χ3n) is 5.46. The molecule has 1 aliphatic heterocycles. The minimum absolute atomic E-state index is 0.167. The zero-order valence-electron chi connectivity index (χ0n) is 15.6. The molecule has 2 N–H and O–H groups in total. The van der Waals surface area contributed by atoms with Crippen LogP contribution in [0.5, 0.6) is 0 Å². The molecule has 0 radical (unpaired) electrons. The molecule has 0 unspecified atom stereocenters. The van der Waals surface area contributed by atoms with Crippen molar-refractivity contribution in [3.63, 3.8) is 0 Å². The number of carbonyl (C=O) groups excluding carboxylic acids is 3. The number of nitrogens with one attached hydrogen (secondary N) is 2. The molecule has 0 bridgehead atoms. The maximum Gasteiger partial charge on any atom is 0.325 e. The van der Waals surface area contributed by atoms with Crippen molar-refractivity contribution < 1.29 is 14.4 Å². The molecule has 4 amide bonds. The van der Waals surface area contributed by atoms with Crippen molar-refractivity contribution in [3.8, 4) is 11.8 Å². The van der Waals surface area contributed by atoms with E-state index in [1.165, 1.54) is 0 Å². The first-order chi connectivity index (χ1) is 13.0. The van der Waals surface area contributed by atoms with E-state index in [2.05, 4.69) is 29.4 Å². The van der Waals surface area contributed by atoms with Crippen molar-refractivity contribution in [2.45, 2.75) is 44.6 Å². The quantitative estimate of drug-likeness (QED) is 0.631. The van der Waals surface area contributed by atoms with E-state index in [0.717, 1.165) is 29.7 Å². The molecular weight excluding hydrogens is 342 g/mol. The van der Waals surface area contributed by atoms with Crippen LogP contribution in [-0.4, -0.2) is 41.4 Å². The normalized spacial score (nSPS) is 24.3. The molecule has 142 valence electrons. The molecule has 1 spiro atoms. The van der Waals surface area contributed by atoms with Crippen LogP contribution in [0.2, 0.25) is 0 Å². The summed E-state index contributed by atoms with van der Waals surface area (Å²) in [5.74, 6) is 5.76. The number of carbonyl (C=O) groups is 3. The van der Waals surface area contributed by atoms with Gasteiger partial charge in [-0.3, -0.25) is 14.5 Å². The predicted molar refractivity (Wildman–Crippen MR) is 102 cm³/mol. The van der Waals surface area contributed by atoms with E-state index in [1.54, 1.807) is 0 Å². The van der Waals surface area contributed by atoms with Gasteiger partial charge in [0, 0.05) is 5.56 Å². The summed E-state index contributed by atoms with van der Waals surface area (Å²) < 4.78 is 0. The van der Waals surface area contributed by atoms with Crippen LogP contribution in [0.3, 0.4) is 0 Å². The second kappa shape index (κ2) is 8.26. The minimum Gasteiger partial charge on any atom is -0.344 e. The van der Waals surface area contributed by atoms with Gasteiger partial charge in [0.05, 0.1) is 6.54 Å². The molecule has 1 aromatic carbocycles. The van der Waals surface area contributed by atoms with Gasteiger partial charge in [-0.1, -0.05) is 43.4 Å².